The van der Waals surface area contributed by atoms with Crippen molar-refractivity contribution >= 4 is 0 Å². The summed E-state index contributed by atoms with van der Waals surface area (Å²) >= 11 is 0. The molecule has 1 aliphatic rings. The molecule has 0 nitrogen and oxygen atoms in total. The Balaban J connectivity index is 2.12. The summed E-state index contributed by atoms with van der Waals surface area (Å²) in [6.45, 7) is 4.39. The van der Waals surface area contributed by atoms with Crippen LogP contribution in [0.2, 0.25) is 0 Å². The highest BCUT2D eigenvalue weighted by Gasteiger charge is 2.17. The van der Waals surface area contributed by atoms with Crippen molar-refractivity contribution in [3.05, 3.63) is 24.3 Å². The van der Waals surface area contributed by atoms with Crippen LogP contribution in [0.4, 0.5) is 0 Å². The minimum absolute atomic E-state index is 0.869. The van der Waals surface area contributed by atoms with Gasteiger partial charge in [0.25, 0.3) is 0 Å². The molecule has 0 aliphatic heterocycles. The van der Waals surface area contributed by atoms with Crippen LogP contribution in [0.5, 0.6) is 0 Å². The first-order chi connectivity index (χ1) is 6.86. The van der Waals surface area contributed by atoms with Crippen molar-refractivity contribution in [1.29, 1.82) is 0 Å². The van der Waals surface area contributed by atoms with Gasteiger partial charge in [-0.3, -0.25) is 0 Å². The summed E-state index contributed by atoms with van der Waals surface area (Å²) in [5.74, 6) is 1.76. The van der Waals surface area contributed by atoms with Gasteiger partial charge in [-0.15, -0.1) is 0 Å². The van der Waals surface area contributed by atoms with Crippen molar-refractivity contribution < 1.29 is 0 Å². The summed E-state index contributed by atoms with van der Waals surface area (Å²) in [4.78, 5) is 0. The fraction of sp³-hybridized carbons (Fsp3) is 0.714. The van der Waals surface area contributed by atoms with Gasteiger partial charge in [-0.1, -0.05) is 44.1 Å². The molecule has 1 unspecified atom stereocenters. The second-order valence-corrected chi connectivity index (χ2v) is 4.43. The Hall–Kier alpha value is -0.520. The van der Waals surface area contributed by atoms with E-state index in [2.05, 4.69) is 38.2 Å². The molecular formula is C14H24. The van der Waals surface area contributed by atoms with Crippen molar-refractivity contribution in [3.8, 4) is 0 Å². The summed E-state index contributed by atoms with van der Waals surface area (Å²) in [5, 5.41) is 0. The highest BCUT2D eigenvalue weighted by Crippen LogP contribution is 2.30. The maximum atomic E-state index is 2.45. The highest BCUT2D eigenvalue weighted by atomic mass is 14.2. The average molecular weight is 192 g/mol. The molecule has 0 saturated heterocycles. The molecule has 0 heteroatoms. The van der Waals surface area contributed by atoms with Crippen molar-refractivity contribution in [3.63, 3.8) is 0 Å². The second kappa shape index (κ2) is 6.86. The summed E-state index contributed by atoms with van der Waals surface area (Å²) in [6, 6.07) is 0. The zero-order chi connectivity index (χ0) is 10.2. The number of allylic oxidation sites excluding steroid dienone is 4. The van der Waals surface area contributed by atoms with Gasteiger partial charge in [-0.05, 0) is 44.4 Å². The molecule has 2 atom stereocenters. The van der Waals surface area contributed by atoms with E-state index in [-0.39, 0.29) is 0 Å². The number of hydrogen-bond donors (Lipinski definition) is 0. The number of rotatable bonds is 6. The molecule has 0 spiro atoms. The van der Waals surface area contributed by atoms with Crippen molar-refractivity contribution in [2.45, 2.75) is 52.4 Å². The number of unbranched alkanes of at least 4 members (excludes halogenated alkanes) is 1. The van der Waals surface area contributed by atoms with Gasteiger partial charge in [0.1, 0.15) is 0 Å². The summed E-state index contributed by atoms with van der Waals surface area (Å²) in [6.07, 6.45) is 17.5. The molecule has 0 saturated carbocycles. The highest BCUT2D eigenvalue weighted by molar-refractivity contribution is 5.02. The minimum Gasteiger partial charge on any atom is -0.0917 e. The van der Waals surface area contributed by atoms with Crippen LogP contribution in [0, 0.1) is 11.8 Å². The van der Waals surface area contributed by atoms with Crippen LogP contribution in [-0.2, 0) is 0 Å². The molecule has 0 amide bonds. The Bertz CT molecular complexity index is 188. The first-order valence-electron chi connectivity index (χ1n) is 6.16. The van der Waals surface area contributed by atoms with Crippen LogP contribution in [0.25, 0.3) is 0 Å². The molecule has 0 radical (unpaired) electrons. The molecule has 0 bridgehead atoms. The van der Waals surface area contributed by atoms with Crippen LogP contribution in [-0.4, -0.2) is 0 Å². The summed E-state index contributed by atoms with van der Waals surface area (Å²) in [5.41, 5.74) is 0. The SMILES string of the molecule is C/C=C\CCC1C=C[C@H](CCCC)C1. The molecule has 0 heterocycles. The first kappa shape index (κ1) is 11.6. The molecule has 0 fully saturated rings. The van der Waals surface area contributed by atoms with Gasteiger partial charge in [-0.25, -0.2) is 0 Å². The van der Waals surface area contributed by atoms with Gasteiger partial charge in [0, 0.05) is 0 Å². The lowest BCUT2D eigenvalue weighted by atomic mass is 9.95. The molecule has 14 heavy (non-hydrogen) atoms. The Morgan fingerprint density at radius 3 is 2.57 bits per heavy atom. The molecular weight excluding hydrogens is 168 g/mol. The van der Waals surface area contributed by atoms with Crippen molar-refractivity contribution in [2.24, 2.45) is 11.8 Å². The van der Waals surface area contributed by atoms with Crippen LogP contribution < -0.4 is 0 Å². The van der Waals surface area contributed by atoms with E-state index in [1.165, 1.54) is 38.5 Å². The van der Waals surface area contributed by atoms with Gasteiger partial charge in [0.2, 0.25) is 0 Å². The van der Waals surface area contributed by atoms with Gasteiger partial charge in [0.15, 0.2) is 0 Å². The first-order valence-corrected chi connectivity index (χ1v) is 6.16. The Labute approximate surface area is 89.1 Å². The van der Waals surface area contributed by atoms with E-state index in [0.717, 1.165) is 11.8 Å². The summed E-state index contributed by atoms with van der Waals surface area (Å²) in [7, 11) is 0. The second-order valence-electron chi connectivity index (χ2n) is 4.43. The fourth-order valence-electron chi connectivity index (χ4n) is 2.23. The molecule has 80 valence electrons. The smallest absolute Gasteiger partial charge is 0.0225 e. The van der Waals surface area contributed by atoms with E-state index in [0.29, 0.717) is 0 Å². The summed E-state index contributed by atoms with van der Waals surface area (Å²) < 4.78 is 0. The Morgan fingerprint density at radius 1 is 1.21 bits per heavy atom. The predicted octanol–water partition coefficient (Wildman–Crippen LogP) is 4.73. The topological polar surface area (TPSA) is 0 Å². The van der Waals surface area contributed by atoms with Gasteiger partial charge >= 0.3 is 0 Å². The molecule has 0 aromatic carbocycles. The van der Waals surface area contributed by atoms with Crippen LogP contribution in [0.3, 0.4) is 0 Å². The Morgan fingerprint density at radius 2 is 1.93 bits per heavy atom. The van der Waals surface area contributed by atoms with Crippen LogP contribution >= 0.6 is 0 Å². The molecule has 0 N–H and O–H groups in total. The van der Waals surface area contributed by atoms with Crippen molar-refractivity contribution in [2.75, 3.05) is 0 Å². The van der Waals surface area contributed by atoms with E-state index in [1.54, 1.807) is 0 Å². The average Bonchev–Trinajstić information content (AvgIpc) is 2.63. The van der Waals surface area contributed by atoms with Crippen LogP contribution in [0.1, 0.15) is 52.4 Å². The van der Waals surface area contributed by atoms with Crippen molar-refractivity contribution in [1.82, 2.24) is 0 Å². The zero-order valence-electron chi connectivity index (χ0n) is 9.71. The lowest BCUT2D eigenvalue weighted by molar-refractivity contribution is 0.464. The molecule has 1 aliphatic carbocycles. The van der Waals surface area contributed by atoms with Gasteiger partial charge in [0.05, 0.1) is 0 Å². The zero-order valence-corrected chi connectivity index (χ0v) is 9.71. The monoisotopic (exact) mass is 192 g/mol. The van der Waals surface area contributed by atoms with E-state index in [4.69, 9.17) is 0 Å². The molecule has 0 aromatic rings. The lowest BCUT2D eigenvalue weighted by Crippen LogP contribution is -1.97. The van der Waals surface area contributed by atoms with E-state index in [9.17, 15) is 0 Å². The predicted molar refractivity (Wildman–Crippen MR) is 64.3 cm³/mol. The van der Waals surface area contributed by atoms with Crippen LogP contribution in [0.15, 0.2) is 24.3 Å². The maximum Gasteiger partial charge on any atom is -0.0225 e. The third kappa shape index (κ3) is 4.13. The third-order valence-electron chi connectivity index (χ3n) is 3.13. The van der Waals surface area contributed by atoms with Gasteiger partial charge in [-0.2, -0.15) is 0 Å². The molecule has 0 aromatic heterocycles. The van der Waals surface area contributed by atoms with E-state index >= 15 is 0 Å². The third-order valence-corrected chi connectivity index (χ3v) is 3.13. The van der Waals surface area contributed by atoms with E-state index < -0.39 is 0 Å². The number of hydrogen-bond acceptors (Lipinski definition) is 0. The Kier molecular flexibility index (Phi) is 5.66. The van der Waals surface area contributed by atoms with Gasteiger partial charge < -0.3 is 0 Å². The lowest BCUT2D eigenvalue weighted by Gasteiger charge is -2.10. The normalized spacial score (nSPS) is 26.4. The quantitative estimate of drug-likeness (QED) is 0.534. The largest absolute Gasteiger partial charge is 0.0917 e. The minimum atomic E-state index is 0.869. The maximum absolute atomic E-state index is 2.45. The molecule has 1 rings (SSSR count). The fourth-order valence-corrected chi connectivity index (χ4v) is 2.23. The van der Waals surface area contributed by atoms with E-state index in [1.807, 2.05) is 0 Å². The standard InChI is InChI=1S/C14H24/c1-3-5-7-9-14-11-10-13(12-14)8-6-4-2/h3,5,10-11,13-14H,4,6-9,12H2,1-2H3/b5-3-/t13-,14?/m0/s1.